The van der Waals surface area contributed by atoms with Gasteiger partial charge in [0, 0.05) is 11.7 Å². The smallest absolute Gasteiger partial charge is 0.335 e. The Kier molecular flexibility index (Phi) is 1.93. The lowest BCUT2D eigenvalue weighted by Crippen LogP contribution is -2.02. The minimum absolute atomic E-state index is 0.339. The number of carbonyl (C=O) groups is 1. The van der Waals surface area contributed by atoms with Gasteiger partial charge >= 0.3 is 5.97 Å². The van der Waals surface area contributed by atoms with Gasteiger partial charge < -0.3 is 10.4 Å². The summed E-state index contributed by atoms with van der Waals surface area (Å²) in [5.74, 6) is -0.876. The predicted octanol–water partition coefficient (Wildman–Crippen LogP) is 1.96. The molecule has 0 aromatic heterocycles. The first-order valence-corrected chi connectivity index (χ1v) is 4.35. The van der Waals surface area contributed by atoms with Crippen LogP contribution in [0, 0.1) is 0 Å². The maximum absolute atomic E-state index is 10.6. The quantitative estimate of drug-likeness (QED) is 0.742. The average Bonchev–Trinajstić information content (AvgIpc) is 2.89. The van der Waals surface area contributed by atoms with Crippen molar-refractivity contribution in [2.45, 2.75) is 18.9 Å². The molecule has 1 saturated carbocycles. The second kappa shape index (κ2) is 3.09. The molecule has 1 aliphatic rings. The standard InChI is InChI=1S/C10H11NO2/c12-10(13)7-2-1-3-9(6-7)11-8-4-5-8/h1-3,6,8,11H,4-5H2,(H,12,13). The lowest BCUT2D eigenvalue weighted by Gasteiger charge is -2.04. The Balaban J connectivity index is 2.15. The van der Waals surface area contributed by atoms with E-state index in [9.17, 15) is 4.79 Å². The Morgan fingerprint density at radius 1 is 1.46 bits per heavy atom. The molecule has 13 heavy (non-hydrogen) atoms. The second-order valence-corrected chi connectivity index (χ2v) is 3.30. The van der Waals surface area contributed by atoms with E-state index in [4.69, 9.17) is 5.11 Å². The molecule has 0 unspecified atom stereocenters. The summed E-state index contributed by atoms with van der Waals surface area (Å²) in [5, 5.41) is 12.0. The third kappa shape index (κ3) is 1.99. The van der Waals surface area contributed by atoms with Crippen LogP contribution in [0.15, 0.2) is 24.3 Å². The van der Waals surface area contributed by atoms with Crippen LogP contribution in [-0.2, 0) is 0 Å². The number of carboxylic acids is 1. The van der Waals surface area contributed by atoms with Gasteiger partial charge in [-0.25, -0.2) is 4.79 Å². The number of hydrogen-bond acceptors (Lipinski definition) is 2. The van der Waals surface area contributed by atoms with E-state index in [1.807, 2.05) is 6.07 Å². The number of rotatable bonds is 3. The largest absolute Gasteiger partial charge is 0.478 e. The number of anilines is 1. The molecule has 68 valence electrons. The summed E-state index contributed by atoms with van der Waals surface area (Å²) < 4.78 is 0. The maximum Gasteiger partial charge on any atom is 0.335 e. The zero-order valence-electron chi connectivity index (χ0n) is 7.16. The minimum atomic E-state index is -0.876. The molecule has 1 aliphatic carbocycles. The maximum atomic E-state index is 10.6. The third-order valence-corrected chi connectivity index (χ3v) is 2.06. The Bertz CT molecular complexity index is 331. The molecule has 0 heterocycles. The fraction of sp³-hybridized carbons (Fsp3) is 0.300. The van der Waals surface area contributed by atoms with E-state index >= 15 is 0 Å². The molecule has 0 atom stereocenters. The van der Waals surface area contributed by atoms with Crippen LogP contribution in [0.5, 0.6) is 0 Å². The van der Waals surface area contributed by atoms with E-state index in [0.717, 1.165) is 5.69 Å². The molecule has 3 nitrogen and oxygen atoms in total. The molecule has 0 aliphatic heterocycles. The predicted molar refractivity (Wildman–Crippen MR) is 50.0 cm³/mol. The number of carboxylic acid groups (broad SMARTS) is 1. The monoisotopic (exact) mass is 177 g/mol. The highest BCUT2D eigenvalue weighted by molar-refractivity contribution is 5.88. The molecule has 0 saturated heterocycles. The second-order valence-electron chi connectivity index (χ2n) is 3.30. The molecule has 1 aromatic carbocycles. The summed E-state index contributed by atoms with van der Waals surface area (Å²) in [6.45, 7) is 0. The minimum Gasteiger partial charge on any atom is -0.478 e. The fourth-order valence-corrected chi connectivity index (χ4v) is 1.21. The van der Waals surface area contributed by atoms with Crippen molar-refractivity contribution < 1.29 is 9.90 Å². The lowest BCUT2D eigenvalue weighted by atomic mass is 10.2. The zero-order chi connectivity index (χ0) is 9.26. The van der Waals surface area contributed by atoms with Crippen molar-refractivity contribution in [3.05, 3.63) is 29.8 Å². The molecular weight excluding hydrogens is 166 g/mol. The van der Waals surface area contributed by atoms with Gasteiger partial charge in [-0.15, -0.1) is 0 Å². The first-order chi connectivity index (χ1) is 6.25. The first kappa shape index (κ1) is 8.10. The van der Waals surface area contributed by atoms with Gasteiger partial charge in [-0.05, 0) is 31.0 Å². The van der Waals surface area contributed by atoms with Crippen molar-refractivity contribution in [2.75, 3.05) is 5.32 Å². The van der Waals surface area contributed by atoms with Crippen molar-refractivity contribution in [3.8, 4) is 0 Å². The Morgan fingerprint density at radius 3 is 2.85 bits per heavy atom. The molecule has 3 heteroatoms. The van der Waals surface area contributed by atoms with E-state index in [0.29, 0.717) is 11.6 Å². The van der Waals surface area contributed by atoms with Crippen LogP contribution in [0.4, 0.5) is 5.69 Å². The number of nitrogens with one attached hydrogen (secondary N) is 1. The molecule has 0 bridgehead atoms. The van der Waals surface area contributed by atoms with E-state index in [2.05, 4.69) is 5.32 Å². The van der Waals surface area contributed by atoms with Crippen LogP contribution in [-0.4, -0.2) is 17.1 Å². The number of aromatic carboxylic acids is 1. The average molecular weight is 177 g/mol. The van der Waals surface area contributed by atoms with Gasteiger partial charge in [0.2, 0.25) is 0 Å². The van der Waals surface area contributed by atoms with Crippen LogP contribution in [0.3, 0.4) is 0 Å². The van der Waals surface area contributed by atoms with Crippen molar-refractivity contribution >= 4 is 11.7 Å². The number of hydrogen-bond donors (Lipinski definition) is 2. The third-order valence-electron chi connectivity index (χ3n) is 2.06. The summed E-state index contributed by atoms with van der Waals surface area (Å²) in [6.07, 6.45) is 2.38. The van der Waals surface area contributed by atoms with Crippen molar-refractivity contribution in [1.82, 2.24) is 0 Å². The zero-order valence-corrected chi connectivity index (χ0v) is 7.16. The van der Waals surface area contributed by atoms with Crippen molar-refractivity contribution in [3.63, 3.8) is 0 Å². The summed E-state index contributed by atoms with van der Waals surface area (Å²) in [7, 11) is 0. The Hall–Kier alpha value is -1.51. The number of benzene rings is 1. The van der Waals surface area contributed by atoms with Gasteiger partial charge in [-0.3, -0.25) is 0 Å². The topological polar surface area (TPSA) is 49.3 Å². The fourth-order valence-electron chi connectivity index (χ4n) is 1.21. The van der Waals surface area contributed by atoms with Crippen LogP contribution in [0.2, 0.25) is 0 Å². The Labute approximate surface area is 76.4 Å². The summed E-state index contributed by atoms with van der Waals surface area (Å²) in [6, 6.07) is 7.48. The SMILES string of the molecule is O=C(O)c1cccc(NC2CC2)c1. The van der Waals surface area contributed by atoms with Gasteiger partial charge in [0.15, 0.2) is 0 Å². The molecule has 2 N–H and O–H groups in total. The molecule has 0 radical (unpaired) electrons. The molecular formula is C10H11NO2. The van der Waals surface area contributed by atoms with Crippen molar-refractivity contribution in [1.29, 1.82) is 0 Å². The van der Waals surface area contributed by atoms with Gasteiger partial charge in [-0.1, -0.05) is 6.07 Å². The summed E-state index contributed by atoms with van der Waals surface area (Å²) in [4.78, 5) is 10.6. The van der Waals surface area contributed by atoms with Crippen LogP contribution >= 0.6 is 0 Å². The van der Waals surface area contributed by atoms with Crippen LogP contribution in [0.1, 0.15) is 23.2 Å². The molecule has 0 amide bonds. The molecule has 2 rings (SSSR count). The normalized spacial score (nSPS) is 15.4. The van der Waals surface area contributed by atoms with E-state index in [-0.39, 0.29) is 0 Å². The molecule has 1 aromatic rings. The summed E-state index contributed by atoms with van der Waals surface area (Å²) >= 11 is 0. The highest BCUT2D eigenvalue weighted by Gasteiger charge is 2.20. The van der Waals surface area contributed by atoms with E-state index < -0.39 is 5.97 Å². The van der Waals surface area contributed by atoms with E-state index in [1.54, 1.807) is 18.2 Å². The molecule has 0 spiro atoms. The molecule has 1 fully saturated rings. The van der Waals surface area contributed by atoms with Crippen LogP contribution < -0.4 is 5.32 Å². The van der Waals surface area contributed by atoms with Gasteiger partial charge in [0.1, 0.15) is 0 Å². The first-order valence-electron chi connectivity index (χ1n) is 4.35. The highest BCUT2D eigenvalue weighted by Crippen LogP contribution is 2.24. The van der Waals surface area contributed by atoms with Gasteiger partial charge in [0.05, 0.1) is 5.56 Å². The highest BCUT2D eigenvalue weighted by atomic mass is 16.4. The van der Waals surface area contributed by atoms with Gasteiger partial charge in [0.25, 0.3) is 0 Å². The summed E-state index contributed by atoms with van der Waals surface area (Å²) in [5.41, 5.74) is 1.24. The van der Waals surface area contributed by atoms with Crippen molar-refractivity contribution in [2.24, 2.45) is 0 Å². The lowest BCUT2D eigenvalue weighted by molar-refractivity contribution is 0.0697. The van der Waals surface area contributed by atoms with Crippen LogP contribution in [0.25, 0.3) is 0 Å². The Morgan fingerprint density at radius 2 is 2.23 bits per heavy atom. The van der Waals surface area contributed by atoms with Gasteiger partial charge in [-0.2, -0.15) is 0 Å². The van der Waals surface area contributed by atoms with E-state index in [1.165, 1.54) is 12.8 Å².